The standard InChI is InChI=1S/C23H24N4O7/c1-16(22(29)25-11-9-24(10-12-25)14-17-5-3-2-4-6-17)33-21(28)15-26-19-8-7-18(27(31)32)13-20(19)34-23(26)30/h2-8,13,16H,9-12,14-15H2,1H3. The number of hydrogen-bond donors (Lipinski definition) is 0. The summed E-state index contributed by atoms with van der Waals surface area (Å²) in [4.78, 5) is 51.5. The molecule has 4 rings (SSSR count). The van der Waals surface area contributed by atoms with Gasteiger partial charge in [-0.2, -0.15) is 0 Å². The lowest BCUT2D eigenvalue weighted by atomic mass is 10.2. The van der Waals surface area contributed by atoms with Crippen molar-refractivity contribution in [2.45, 2.75) is 26.1 Å². The summed E-state index contributed by atoms with van der Waals surface area (Å²) >= 11 is 0. The number of nitro benzene ring substituents is 1. The van der Waals surface area contributed by atoms with Crippen LogP contribution in [-0.4, -0.2) is 63.4 Å². The number of aromatic nitrogens is 1. The average molecular weight is 468 g/mol. The first-order valence-corrected chi connectivity index (χ1v) is 10.8. The number of amides is 1. The van der Waals surface area contributed by atoms with E-state index in [1.54, 1.807) is 4.90 Å². The van der Waals surface area contributed by atoms with Gasteiger partial charge in [-0.05, 0) is 18.6 Å². The van der Waals surface area contributed by atoms with Gasteiger partial charge in [0.2, 0.25) is 0 Å². The van der Waals surface area contributed by atoms with Crippen molar-refractivity contribution in [2.75, 3.05) is 26.2 Å². The zero-order chi connectivity index (χ0) is 24.2. The molecule has 1 atom stereocenters. The third-order valence-corrected chi connectivity index (χ3v) is 5.74. The van der Waals surface area contributed by atoms with Crippen LogP contribution in [0.15, 0.2) is 57.7 Å². The van der Waals surface area contributed by atoms with E-state index in [0.29, 0.717) is 26.2 Å². The Balaban J connectivity index is 1.31. The summed E-state index contributed by atoms with van der Waals surface area (Å²) in [5.74, 6) is -1.93. The van der Waals surface area contributed by atoms with Crippen molar-refractivity contribution in [2.24, 2.45) is 0 Å². The lowest BCUT2D eigenvalue weighted by Gasteiger charge is -2.35. The Morgan fingerprint density at radius 3 is 2.50 bits per heavy atom. The van der Waals surface area contributed by atoms with Crippen molar-refractivity contribution in [3.8, 4) is 0 Å². The average Bonchev–Trinajstić information content (AvgIpc) is 3.13. The highest BCUT2D eigenvalue weighted by molar-refractivity contribution is 5.84. The third-order valence-electron chi connectivity index (χ3n) is 5.74. The SMILES string of the molecule is CC(OC(=O)Cn1c(=O)oc2cc([N+](=O)[O-])ccc21)C(=O)N1CCN(Cc2ccccc2)CC1. The molecule has 1 aliphatic heterocycles. The lowest BCUT2D eigenvalue weighted by molar-refractivity contribution is -0.384. The van der Waals surface area contributed by atoms with E-state index in [4.69, 9.17) is 9.15 Å². The van der Waals surface area contributed by atoms with E-state index in [-0.39, 0.29) is 22.7 Å². The first-order valence-electron chi connectivity index (χ1n) is 10.8. The minimum absolute atomic E-state index is 0.00972. The Labute approximate surface area is 194 Å². The van der Waals surface area contributed by atoms with Crippen LogP contribution in [0, 0.1) is 10.1 Å². The van der Waals surface area contributed by atoms with Crippen molar-refractivity contribution < 1.29 is 23.7 Å². The van der Waals surface area contributed by atoms with E-state index < -0.39 is 29.3 Å². The second-order valence-electron chi connectivity index (χ2n) is 8.08. The molecule has 178 valence electrons. The van der Waals surface area contributed by atoms with Crippen LogP contribution in [0.1, 0.15) is 12.5 Å². The molecule has 0 spiro atoms. The molecule has 1 saturated heterocycles. The summed E-state index contributed by atoms with van der Waals surface area (Å²) in [6, 6.07) is 13.7. The molecule has 3 aromatic rings. The van der Waals surface area contributed by atoms with E-state index in [0.717, 1.165) is 17.2 Å². The highest BCUT2D eigenvalue weighted by Crippen LogP contribution is 2.20. The smallest absolute Gasteiger partial charge is 0.420 e. The van der Waals surface area contributed by atoms with Crippen LogP contribution in [0.25, 0.3) is 11.1 Å². The number of piperazine rings is 1. The fourth-order valence-electron chi connectivity index (χ4n) is 3.96. The van der Waals surface area contributed by atoms with Crippen molar-refractivity contribution in [1.29, 1.82) is 0 Å². The molecule has 0 saturated carbocycles. The molecule has 34 heavy (non-hydrogen) atoms. The lowest BCUT2D eigenvalue weighted by Crippen LogP contribution is -2.51. The molecule has 1 amide bonds. The second kappa shape index (κ2) is 9.87. The summed E-state index contributed by atoms with van der Waals surface area (Å²) in [6.07, 6.45) is -1.01. The van der Waals surface area contributed by atoms with Crippen molar-refractivity contribution in [3.63, 3.8) is 0 Å². The Bertz CT molecular complexity index is 1260. The molecule has 11 heteroatoms. The number of esters is 1. The van der Waals surface area contributed by atoms with Crippen LogP contribution in [0.3, 0.4) is 0 Å². The van der Waals surface area contributed by atoms with Gasteiger partial charge in [0, 0.05) is 38.8 Å². The Morgan fingerprint density at radius 2 is 1.82 bits per heavy atom. The number of hydrogen-bond acceptors (Lipinski definition) is 8. The van der Waals surface area contributed by atoms with E-state index in [1.807, 2.05) is 18.2 Å². The Hall–Kier alpha value is -3.99. The molecule has 2 heterocycles. The van der Waals surface area contributed by atoms with E-state index in [2.05, 4.69) is 17.0 Å². The minimum atomic E-state index is -1.01. The van der Waals surface area contributed by atoms with E-state index in [1.165, 1.54) is 24.6 Å². The number of nitro groups is 1. The number of carbonyl (C=O) groups excluding carboxylic acids is 2. The molecule has 1 unspecified atom stereocenters. The van der Waals surface area contributed by atoms with Crippen molar-refractivity contribution >= 4 is 28.7 Å². The number of non-ortho nitro benzene ring substituents is 1. The molecular weight excluding hydrogens is 444 g/mol. The highest BCUT2D eigenvalue weighted by Gasteiger charge is 2.28. The largest absolute Gasteiger partial charge is 0.451 e. The second-order valence-corrected chi connectivity index (χ2v) is 8.08. The van der Waals surface area contributed by atoms with Crippen molar-refractivity contribution in [1.82, 2.24) is 14.4 Å². The molecule has 1 aromatic heterocycles. The molecule has 1 fully saturated rings. The molecule has 0 aliphatic carbocycles. The number of fused-ring (bicyclic) bond motifs is 1. The van der Waals surface area contributed by atoms with Crippen LogP contribution in [0.2, 0.25) is 0 Å². The van der Waals surface area contributed by atoms with Gasteiger partial charge in [0.1, 0.15) is 6.54 Å². The van der Waals surface area contributed by atoms with E-state index in [9.17, 15) is 24.5 Å². The Morgan fingerprint density at radius 1 is 1.12 bits per heavy atom. The van der Waals surface area contributed by atoms with Crippen LogP contribution >= 0.6 is 0 Å². The molecule has 11 nitrogen and oxygen atoms in total. The maximum atomic E-state index is 12.8. The zero-order valence-electron chi connectivity index (χ0n) is 18.6. The normalized spacial score (nSPS) is 15.3. The number of rotatable bonds is 7. The van der Waals surface area contributed by atoms with Gasteiger partial charge in [-0.15, -0.1) is 0 Å². The maximum Gasteiger partial charge on any atom is 0.420 e. The third kappa shape index (κ3) is 5.15. The highest BCUT2D eigenvalue weighted by atomic mass is 16.6. The maximum absolute atomic E-state index is 12.8. The van der Waals surface area contributed by atoms with Gasteiger partial charge in [0.25, 0.3) is 11.6 Å². The fraction of sp³-hybridized carbons (Fsp3) is 0.348. The summed E-state index contributed by atoms with van der Waals surface area (Å²) in [7, 11) is 0. The Kier molecular flexibility index (Phi) is 6.73. The number of ether oxygens (including phenoxy) is 1. The fourth-order valence-corrected chi connectivity index (χ4v) is 3.96. The molecule has 1 aliphatic rings. The first kappa shape index (κ1) is 23.2. The molecular formula is C23H24N4O7. The van der Waals surface area contributed by atoms with Gasteiger partial charge in [0.15, 0.2) is 11.7 Å². The van der Waals surface area contributed by atoms with Gasteiger partial charge in [-0.25, -0.2) is 4.79 Å². The number of oxazole rings is 1. The predicted molar refractivity (Wildman–Crippen MR) is 121 cm³/mol. The summed E-state index contributed by atoms with van der Waals surface area (Å²) in [5.41, 5.74) is 1.19. The van der Waals surface area contributed by atoms with Crippen LogP contribution in [0.4, 0.5) is 5.69 Å². The summed E-state index contributed by atoms with van der Waals surface area (Å²) in [6.45, 7) is 4.30. The van der Waals surface area contributed by atoms with Gasteiger partial charge in [-0.1, -0.05) is 30.3 Å². The minimum Gasteiger partial charge on any atom is -0.451 e. The van der Waals surface area contributed by atoms with Gasteiger partial charge in [-0.3, -0.25) is 29.2 Å². The quantitative estimate of drug-likeness (QED) is 0.292. The molecule has 0 radical (unpaired) electrons. The predicted octanol–water partition coefficient (Wildman–Crippen LogP) is 1.78. The van der Waals surface area contributed by atoms with Gasteiger partial charge < -0.3 is 14.1 Å². The monoisotopic (exact) mass is 468 g/mol. The first-order chi connectivity index (χ1) is 16.3. The zero-order valence-corrected chi connectivity index (χ0v) is 18.6. The van der Waals surface area contributed by atoms with Crippen LogP contribution < -0.4 is 5.76 Å². The number of nitrogens with zero attached hydrogens (tertiary/aromatic N) is 4. The van der Waals surface area contributed by atoms with Crippen LogP contribution in [-0.2, 0) is 27.4 Å². The number of carbonyl (C=O) groups is 2. The molecule has 0 N–H and O–H groups in total. The van der Waals surface area contributed by atoms with Gasteiger partial charge >= 0.3 is 11.7 Å². The molecule has 2 aromatic carbocycles. The summed E-state index contributed by atoms with van der Waals surface area (Å²) in [5, 5.41) is 10.9. The van der Waals surface area contributed by atoms with Crippen molar-refractivity contribution in [3.05, 3.63) is 74.8 Å². The summed E-state index contributed by atoms with van der Waals surface area (Å²) < 4.78 is 11.3. The molecule has 0 bridgehead atoms. The van der Waals surface area contributed by atoms with E-state index >= 15 is 0 Å². The van der Waals surface area contributed by atoms with Gasteiger partial charge in [0.05, 0.1) is 16.5 Å². The topological polar surface area (TPSA) is 128 Å². The number of benzene rings is 2. The van der Waals surface area contributed by atoms with Crippen LogP contribution in [0.5, 0.6) is 0 Å².